The molecule has 3 rings (SSSR count). The third-order valence-corrected chi connectivity index (χ3v) is 3.48. The number of nitrogens with one attached hydrogen (secondary N) is 2. The van der Waals surface area contributed by atoms with Crippen LogP contribution in [0.3, 0.4) is 0 Å². The van der Waals surface area contributed by atoms with E-state index in [1.165, 1.54) is 0 Å². The molecule has 0 saturated carbocycles. The average molecular weight is 333 g/mol. The third kappa shape index (κ3) is 4.08. The van der Waals surface area contributed by atoms with Gasteiger partial charge in [0, 0.05) is 30.2 Å². The molecule has 0 unspecified atom stereocenters. The monoisotopic (exact) mass is 333 g/mol. The Morgan fingerprint density at radius 3 is 2.68 bits per heavy atom. The molecule has 0 spiro atoms. The van der Waals surface area contributed by atoms with Crippen molar-refractivity contribution in [2.24, 2.45) is 0 Å². The number of nitrogens with zero attached hydrogens (tertiary/aromatic N) is 4. The minimum atomic E-state index is 0.267. The molecule has 0 bridgehead atoms. The molecule has 0 fully saturated rings. The minimum absolute atomic E-state index is 0.267. The number of aromatic nitrogens is 4. The maximum Gasteiger partial charge on any atom is 0.224 e. The summed E-state index contributed by atoms with van der Waals surface area (Å²) in [4.78, 5) is 16.8. The first kappa shape index (κ1) is 16.4. The van der Waals surface area contributed by atoms with E-state index in [0.717, 1.165) is 22.5 Å². The lowest BCUT2D eigenvalue weighted by molar-refractivity contribution is 1.12. The molecular weight excluding hydrogens is 314 g/mol. The molecule has 126 valence electrons. The van der Waals surface area contributed by atoms with Gasteiger partial charge < -0.3 is 16.4 Å². The van der Waals surface area contributed by atoms with Gasteiger partial charge in [-0.05, 0) is 30.7 Å². The van der Waals surface area contributed by atoms with Crippen LogP contribution < -0.4 is 16.4 Å². The van der Waals surface area contributed by atoms with E-state index < -0.39 is 0 Å². The highest BCUT2D eigenvalue weighted by Gasteiger charge is 2.06. The molecule has 25 heavy (non-hydrogen) atoms. The van der Waals surface area contributed by atoms with Crippen molar-refractivity contribution in [2.75, 3.05) is 22.9 Å². The Labute approximate surface area is 146 Å². The van der Waals surface area contributed by atoms with E-state index in [2.05, 4.69) is 37.1 Å². The van der Waals surface area contributed by atoms with Crippen LogP contribution >= 0.6 is 0 Å². The number of hydrogen-bond donors (Lipinski definition) is 3. The highest BCUT2D eigenvalue weighted by Crippen LogP contribution is 2.24. The molecule has 0 atom stereocenters. The molecule has 7 nitrogen and oxygen atoms in total. The zero-order valence-corrected chi connectivity index (χ0v) is 13.9. The normalized spacial score (nSPS) is 10.3. The van der Waals surface area contributed by atoms with Crippen molar-refractivity contribution in [3.8, 4) is 11.3 Å². The van der Waals surface area contributed by atoms with Crippen molar-refractivity contribution < 1.29 is 0 Å². The van der Waals surface area contributed by atoms with Gasteiger partial charge in [0.05, 0.1) is 5.69 Å². The summed E-state index contributed by atoms with van der Waals surface area (Å²) in [6, 6.07) is 9.70. The molecular formula is C18H19N7. The quantitative estimate of drug-likeness (QED) is 0.595. The van der Waals surface area contributed by atoms with Gasteiger partial charge in [0.15, 0.2) is 0 Å². The van der Waals surface area contributed by atoms with Crippen molar-refractivity contribution in [1.29, 1.82) is 0 Å². The maximum absolute atomic E-state index is 5.68. The van der Waals surface area contributed by atoms with E-state index in [9.17, 15) is 0 Å². The molecule has 0 amide bonds. The van der Waals surface area contributed by atoms with E-state index in [1.54, 1.807) is 18.5 Å². The fraction of sp³-hybridized carbons (Fsp3) is 0.111. The van der Waals surface area contributed by atoms with Crippen LogP contribution in [0.2, 0.25) is 0 Å². The fourth-order valence-corrected chi connectivity index (χ4v) is 2.28. The Morgan fingerprint density at radius 2 is 1.92 bits per heavy atom. The number of hydrogen-bond acceptors (Lipinski definition) is 7. The zero-order chi connectivity index (χ0) is 17.6. The van der Waals surface area contributed by atoms with Crippen LogP contribution in [0.4, 0.5) is 23.4 Å². The van der Waals surface area contributed by atoms with E-state index in [0.29, 0.717) is 18.3 Å². The number of aryl methyl sites for hydroxylation is 1. The molecule has 0 radical (unpaired) electrons. The molecule has 7 heteroatoms. The molecule has 0 aliphatic carbocycles. The van der Waals surface area contributed by atoms with Crippen molar-refractivity contribution in [1.82, 2.24) is 19.9 Å². The van der Waals surface area contributed by atoms with Gasteiger partial charge in [0.1, 0.15) is 5.82 Å². The van der Waals surface area contributed by atoms with Crippen LogP contribution in [0.15, 0.2) is 55.4 Å². The lowest BCUT2D eigenvalue weighted by atomic mass is 10.1. The standard InChI is InChI=1S/C18H19N7/c1-3-9-20-18-21-10-8-15(24-18)23-14-6-4-13(5-7-14)16-12(2)11-22-17(19)25-16/h3-8,10-11H,1,9H2,2H3,(H2,19,22,25)(H2,20,21,23,24). The minimum Gasteiger partial charge on any atom is -0.368 e. The Hall–Kier alpha value is -3.48. The SMILES string of the molecule is C=CCNc1nccc(Nc2ccc(-c3nc(N)ncc3C)cc2)n1. The molecule has 2 aromatic heterocycles. The highest BCUT2D eigenvalue weighted by molar-refractivity contribution is 5.67. The van der Waals surface area contributed by atoms with Crippen LogP contribution in [0, 0.1) is 6.92 Å². The first-order valence-corrected chi connectivity index (χ1v) is 7.80. The smallest absolute Gasteiger partial charge is 0.224 e. The number of benzene rings is 1. The number of rotatable bonds is 6. The van der Waals surface area contributed by atoms with Crippen molar-refractivity contribution in [3.05, 3.63) is 60.9 Å². The Kier molecular flexibility index (Phi) is 4.84. The third-order valence-electron chi connectivity index (χ3n) is 3.48. The van der Waals surface area contributed by atoms with E-state index in [-0.39, 0.29) is 5.95 Å². The summed E-state index contributed by atoms with van der Waals surface area (Å²) in [6.45, 7) is 6.23. The van der Waals surface area contributed by atoms with Crippen LogP contribution in [-0.2, 0) is 0 Å². The molecule has 4 N–H and O–H groups in total. The highest BCUT2D eigenvalue weighted by atomic mass is 15.1. The van der Waals surface area contributed by atoms with Crippen LogP contribution in [0.5, 0.6) is 0 Å². The van der Waals surface area contributed by atoms with Crippen LogP contribution in [-0.4, -0.2) is 26.5 Å². The summed E-state index contributed by atoms with van der Waals surface area (Å²) in [5.41, 5.74) is 9.38. The van der Waals surface area contributed by atoms with Crippen molar-refractivity contribution >= 4 is 23.4 Å². The van der Waals surface area contributed by atoms with Crippen molar-refractivity contribution in [2.45, 2.75) is 6.92 Å². The summed E-state index contributed by atoms with van der Waals surface area (Å²) in [5, 5.41) is 6.31. The molecule has 0 aliphatic heterocycles. The zero-order valence-electron chi connectivity index (χ0n) is 13.9. The van der Waals surface area contributed by atoms with Gasteiger partial charge >= 0.3 is 0 Å². The predicted molar refractivity (Wildman–Crippen MR) is 101 cm³/mol. The largest absolute Gasteiger partial charge is 0.368 e. The Bertz CT molecular complexity index is 875. The topological polar surface area (TPSA) is 102 Å². The summed E-state index contributed by atoms with van der Waals surface area (Å²) >= 11 is 0. The molecule has 2 heterocycles. The predicted octanol–water partition coefficient (Wildman–Crippen LogP) is 3.17. The van der Waals surface area contributed by atoms with E-state index in [1.807, 2.05) is 37.3 Å². The Morgan fingerprint density at radius 1 is 1.12 bits per heavy atom. The second-order valence-electron chi connectivity index (χ2n) is 5.40. The Balaban J connectivity index is 1.77. The summed E-state index contributed by atoms with van der Waals surface area (Å²) < 4.78 is 0. The lowest BCUT2D eigenvalue weighted by Crippen LogP contribution is -2.04. The second kappa shape index (κ2) is 7.39. The van der Waals surface area contributed by atoms with Gasteiger partial charge in [-0.1, -0.05) is 18.2 Å². The number of anilines is 4. The van der Waals surface area contributed by atoms with Crippen LogP contribution in [0.25, 0.3) is 11.3 Å². The molecule has 0 saturated heterocycles. The molecule has 1 aromatic carbocycles. The van der Waals surface area contributed by atoms with Gasteiger partial charge in [0.2, 0.25) is 11.9 Å². The summed E-state index contributed by atoms with van der Waals surface area (Å²) in [7, 11) is 0. The molecule has 3 aromatic rings. The van der Waals surface area contributed by atoms with E-state index in [4.69, 9.17) is 5.73 Å². The van der Waals surface area contributed by atoms with Gasteiger partial charge in [-0.15, -0.1) is 6.58 Å². The van der Waals surface area contributed by atoms with Crippen LogP contribution in [0.1, 0.15) is 5.56 Å². The molecule has 0 aliphatic rings. The second-order valence-corrected chi connectivity index (χ2v) is 5.40. The van der Waals surface area contributed by atoms with Gasteiger partial charge in [0.25, 0.3) is 0 Å². The number of nitrogens with two attached hydrogens (primary N) is 1. The van der Waals surface area contributed by atoms with E-state index >= 15 is 0 Å². The van der Waals surface area contributed by atoms with Gasteiger partial charge in [-0.25, -0.2) is 15.0 Å². The summed E-state index contributed by atoms with van der Waals surface area (Å²) in [6.07, 6.45) is 5.18. The van der Waals surface area contributed by atoms with Gasteiger partial charge in [-0.2, -0.15) is 4.98 Å². The average Bonchev–Trinajstić information content (AvgIpc) is 2.63. The first-order valence-electron chi connectivity index (χ1n) is 7.80. The first-order chi connectivity index (χ1) is 12.2. The maximum atomic E-state index is 5.68. The van der Waals surface area contributed by atoms with Crippen molar-refractivity contribution in [3.63, 3.8) is 0 Å². The number of nitrogen functional groups attached to an aromatic ring is 1. The van der Waals surface area contributed by atoms with Gasteiger partial charge in [-0.3, -0.25) is 0 Å². The summed E-state index contributed by atoms with van der Waals surface area (Å²) in [5.74, 6) is 1.52. The fourth-order valence-electron chi connectivity index (χ4n) is 2.28. The lowest BCUT2D eigenvalue weighted by Gasteiger charge is -2.09.